The molecule has 104 valence electrons. The van der Waals surface area contributed by atoms with Crippen LogP contribution in [-0.2, 0) is 11.3 Å². The van der Waals surface area contributed by atoms with E-state index in [0.717, 1.165) is 0 Å². The Hall–Kier alpha value is -1.77. The first-order valence-corrected chi connectivity index (χ1v) is 5.90. The van der Waals surface area contributed by atoms with Crippen LogP contribution in [0.1, 0.15) is 6.42 Å². The van der Waals surface area contributed by atoms with Gasteiger partial charge in [-0.25, -0.2) is 15.0 Å². The van der Waals surface area contributed by atoms with Gasteiger partial charge in [-0.1, -0.05) is 0 Å². The van der Waals surface area contributed by atoms with Crippen molar-refractivity contribution in [1.29, 1.82) is 0 Å². The van der Waals surface area contributed by atoms with E-state index in [-0.39, 0.29) is 6.61 Å². The van der Waals surface area contributed by atoms with Crippen LogP contribution >= 0.6 is 0 Å². The predicted molar refractivity (Wildman–Crippen MR) is 68.2 cm³/mol. The van der Waals surface area contributed by atoms with Crippen LogP contribution in [0.25, 0.3) is 11.2 Å². The molecule has 0 bridgehead atoms. The van der Waals surface area contributed by atoms with Gasteiger partial charge in [0, 0.05) is 13.7 Å². The monoisotopic (exact) mass is 267 g/mol. The maximum absolute atomic E-state index is 9.86. The summed E-state index contributed by atoms with van der Waals surface area (Å²) in [6.45, 7) is 0.269. The second-order valence-corrected chi connectivity index (χ2v) is 4.18. The Balaban J connectivity index is 2.08. The highest BCUT2D eigenvalue weighted by molar-refractivity contribution is 5.80. The summed E-state index contributed by atoms with van der Waals surface area (Å²) in [7, 11) is 1.45. The fourth-order valence-corrected chi connectivity index (χ4v) is 1.87. The van der Waals surface area contributed by atoms with Crippen LogP contribution in [0.4, 0.5) is 5.82 Å². The van der Waals surface area contributed by atoms with Crippen LogP contribution in [0.5, 0.6) is 0 Å². The first-order valence-electron chi connectivity index (χ1n) is 5.90. The minimum absolute atomic E-state index is 0.225. The number of nitrogens with two attached hydrogens (primary N) is 1. The summed E-state index contributed by atoms with van der Waals surface area (Å²) in [6.07, 6.45) is 2.04. The van der Waals surface area contributed by atoms with E-state index in [1.165, 1.54) is 13.4 Å². The molecule has 2 atom stereocenters. The SMILES string of the molecule is CO[C@H](CO)[C@@H](O)CCn1cnc2c(N)ncnc21. The second-order valence-electron chi connectivity index (χ2n) is 4.18. The molecule has 0 fully saturated rings. The molecule has 0 aromatic carbocycles. The number of hydrogen-bond donors (Lipinski definition) is 3. The number of imidazole rings is 1. The zero-order chi connectivity index (χ0) is 13.8. The van der Waals surface area contributed by atoms with Crippen molar-refractivity contribution >= 4 is 17.0 Å². The molecular weight excluding hydrogens is 250 g/mol. The van der Waals surface area contributed by atoms with Crippen LogP contribution in [0.2, 0.25) is 0 Å². The lowest BCUT2D eigenvalue weighted by molar-refractivity contribution is -0.0451. The fraction of sp³-hybridized carbons (Fsp3) is 0.545. The van der Waals surface area contributed by atoms with Gasteiger partial charge < -0.3 is 25.3 Å². The molecule has 0 saturated heterocycles. The van der Waals surface area contributed by atoms with Gasteiger partial charge in [-0.3, -0.25) is 0 Å². The van der Waals surface area contributed by atoms with E-state index in [0.29, 0.717) is 29.9 Å². The molecule has 19 heavy (non-hydrogen) atoms. The molecule has 0 radical (unpaired) electrons. The largest absolute Gasteiger partial charge is 0.394 e. The Labute approximate surface area is 109 Å². The molecule has 2 heterocycles. The van der Waals surface area contributed by atoms with Crippen molar-refractivity contribution in [2.24, 2.45) is 0 Å². The topological polar surface area (TPSA) is 119 Å². The minimum atomic E-state index is -0.758. The summed E-state index contributed by atoms with van der Waals surface area (Å²) in [5.74, 6) is 0.328. The van der Waals surface area contributed by atoms with E-state index in [9.17, 15) is 5.11 Å². The first-order chi connectivity index (χ1) is 9.17. The molecule has 0 aliphatic heterocycles. The number of fused-ring (bicyclic) bond motifs is 1. The molecule has 0 unspecified atom stereocenters. The van der Waals surface area contributed by atoms with Crippen LogP contribution in [0.15, 0.2) is 12.7 Å². The number of anilines is 1. The Morgan fingerprint density at radius 2 is 2.21 bits per heavy atom. The van der Waals surface area contributed by atoms with Crippen molar-refractivity contribution in [1.82, 2.24) is 19.5 Å². The van der Waals surface area contributed by atoms with Gasteiger partial charge in [0.05, 0.1) is 19.0 Å². The molecule has 2 aromatic heterocycles. The van der Waals surface area contributed by atoms with Crippen LogP contribution in [0.3, 0.4) is 0 Å². The average molecular weight is 267 g/mol. The highest BCUT2D eigenvalue weighted by atomic mass is 16.5. The summed E-state index contributed by atoms with van der Waals surface area (Å²) < 4.78 is 6.75. The highest BCUT2D eigenvalue weighted by Gasteiger charge is 2.18. The molecule has 8 nitrogen and oxygen atoms in total. The van der Waals surface area contributed by atoms with Gasteiger partial charge in [-0.05, 0) is 6.42 Å². The molecular formula is C11H17N5O3. The summed E-state index contributed by atoms with van der Waals surface area (Å²) in [6, 6.07) is 0. The lowest BCUT2D eigenvalue weighted by atomic mass is 10.1. The number of rotatable bonds is 6. The number of methoxy groups -OCH3 is 1. The third-order valence-electron chi connectivity index (χ3n) is 3.01. The van der Waals surface area contributed by atoms with E-state index in [2.05, 4.69) is 15.0 Å². The quantitative estimate of drug-likeness (QED) is 0.624. The van der Waals surface area contributed by atoms with Crippen molar-refractivity contribution in [3.8, 4) is 0 Å². The third-order valence-corrected chi connectivity index (χ3v) is 3.01. The third kappa shape index (κ3) is 2.80. The smallest absolute Gasteiger partial charge is 0.165 e. The van der Waals surface area contributed by atoms with Crippen LogP contribution in [-0.4, -0.2) is 55.7 Å². The number of nitrogen functional groups attached to an aromatic ring is 1. The van der Waals surface area contributed by atoms with E-state index >= 15 is 0 Å². The highest BCUT2D eigenvalue weighted by Crippen LogP contribution is 2.15. The molecule has 8 heteroatoms. The average Bonchev–Trinajstić information content (AvgIpc) is 2.82. The van der Waals surface area contributed by atoms with Crippen LogP contribution in [0, 0.1) is 0 Å². The van der Waals surface area contributed by atoms with Crippen molar-refractivity contribution in [3.05, 3.63) is 12.7 Å². The van der Waals surface area contributed by atoms with Crippen molar-refractivity contribution in [2.75, 3.05) is 19.5 Å². The Morgan fingerprint density at radius 3 is 2.89 bits per heavy atom. The molecule has 0 spiro atoms. The van der Waals surface area contributed by atoms with E-state index in [1.54, 1.807) is 10.9 Å². The minimum Gasteiger partial charge on any atom is -0.394 e. The predicted octanol–water partition coefficient (Wildman–Crippen LogP) is -0.833. The number of ether oxygens (including phenoxy) is 1. The number of aromatic nitrogens is 4. The zero-order valence-electron chi connectivity index (χ0n) is 10.6. The number of aliphatic hydroxyl groups is 2. The van der Waals surface area contributed by atoms with Gasteiger partial charge in [0.15, 0.2) is 11.5 Å². The molecule has 2 rings (SSSR count). The maximum atomic E-state index is 9.86. The molecule has 0 amide bonds. The fourth-order valence-electron chi connectivity index (χ4n) is 1.87. The number of aliphatic hydroxyl groups excluding tert-OH is 2. The number of aryl methyl sites for hydroxylation is 1. The van der Waals surface area contributed by atoms with Crippen LogP contribution < -0.4 is 5.73 Å². The standard InChI is InChI=1S/C11H17N5O3/c1-19-8(4-17)7(18)2-3-16-6-15-9-10(12)13-5-14-11(9)16/h5-8,17-18H,2-4H2,1H3,(H2,12,13,14)/t7-,8+/m0/s1. The molecule has 0 saturated carbocycles. The van der Waals surface area contributed by atoms with E-state index in [1.807, 2.05) is 0 Å². The molecule has 0 aliphatic carbocycles. The van der Waals surface area contributed by atoms with Gasteiger partial charge >= 0.3 is 0 Å². The Bertz CT molecular complexity index is 540. The second kappa shape index (κ2) is 5.91. The lowest BCUT2D eigenvalue weighted by Crippen LogP contribution is -2.32. The molecule has 2 aromatic rings. The van der Waals surface area contributed by atoms with Gasteiger partial charge in [0.2, 0.25) is 0 Å². The number of nitrogens with zero attached hydrogens (tertiary/aromatic N) is 4. The van der Waals surface area contributed by atoms with Gasteiger partial charge in [0.25, 0.3) is 0 Å². The summed E-state index contributed by atoms with van der Waals surface area (Å²) in [4.78, 5) is 12.1. The zero-order valence-corrected chi connectivity index (χ0v) is 10.6. The first kappa shape index (κ1) is 13.7. The Kier molecular flexibility index (Phi) is 4.25. The number of hydrogen-bond acceptors (Lipinski definition) is 7. The summed E-state index contributed by atoms with van der Waals surface area (Å²) >= 11 is 0. The van der Waals surface area contributed by atoms with Crippen molar-refractivity contribution < 1.29 is 14.9 Å². The van der Waals surface area contributed by atoms with Gasteiger partial charge in [-0.2, -0.15) is 0 Å². The van der Waals surface area contributed by atoms with Gasteiger partial charge in [0.1, 0.15) is 17.9 Å². The molecule has 0 aliphatic rings. The van der Waals surface area contributed by atoms with E-state index < -0.39 is 12.2 Å². The lowest BCUT2D eigenvalue weighted by Gasteiger charge is -2.19. The summed E-state index contributed by atoms with van der Waals surface area (Å²) in [5.41, 5.74) is 6.85. The summed E-state index contributed by atoms with van der Waals surface area (Å²) in [5, 5.41) is 18.9. The van der Waals surface area contributed by atoms with Crippen molar-refractivity contribution in [2.45, 2.75) is 25.2 Å². The van der Waals surface area contributed by atoms with Gasteiger partial charge in [-0.15, -0.1) is 0 Å². The van der Waals surface area contributed by atoms with E-state index in [4.69, 9.17) is 15.6 Å². The Morgan fingerprint density at radius 1 is 1.42 bits per heavy atom. The van der Waals surface area contributed by atoms with Crippen molar-refractivity contribution in [3.63, 3.8) is 0 Å². The maximum Gasteiger partial charge on any atom is 0.165 e. The normalized spacial score (nSPS) is 14.7. The molecule has 4 N–H and O–H groups in total.